The monoisotopic (exact) mass is 258 g/mol. The van der Waals surface area contributed by atoms with Gasteiger partial charge in [-0.3, -0.25) is 0 Å². The van der Waals surface area contributed by atoms with E-state index in [1.165, 1.54) is 0 Å². The fourth-order valence-corrected chi connectivity index (χ4v) is 2.71. The zero-order chi connectivity index (χ0) is 12.1. The number of rotatable bonds is 5. The molecule has 0 spiro atoms. The topological polar surface area (TPSA) is 37.3 Å². The molecular weight excluding hydrogens is 244 g/mol. The first-order chi connectivity index (χ1) is 7.56. The van der Waals surface area contributed by atoms with E-state index in [9.17, 15) is 4.79 Å². The molecular formula is C12H15ClO2S. The molecule has 2 nitrogen and oxygen atoms in total. The van der Waals surface area contributed by atoms with Gasteiger partial charge in [0, 0.05) is 10.6 Å². The Morgan fingerprint density at radius 1 is 1.56 bits per heavy atom. The third-order valence-corrected chi connectivity index (χ3v) is 4.11. The van der Waals surface area contributed by atoms with Crippen LogP contribution in [0.3, 0.4) is 0 Å². The summed E-state index contributed by atoms with van der Waals surface area (Å²) < 4.78 is 0. The predicted molar refractivity (Wildman–Crippen MR) is 68.6 cm³/mol. The predicted octanol–water partition coefficient (Wildman–Crippen LogP) is 4.18. The van der Waals surface area contributed by atoms with Crippen LogP contribution in [0.2, 0.25) is 5.02 Å². The van der Waals surface area contributed by atoms with Crippen molar-refractivity contribution >= 4 is 29.3 Å². The van der Waals surface area contributed by atoms with Crippen molar-refractivity contribution in [1.29, 1.82) is 0 Å². The number of carboxylic acid groups (broad SMARTS) is 1. The summed E-state index contributed by atoms with van der Waals surface area (Å²) in [5, 5.41) is 9.38. The maximum atomic E-state index is 11.1. The maximum absolute atomic E-state index is 11.1. The number of halogens is 1. The lowest BCUT2D eigenvalue weighted by molar-refractivity contribution is 0.0693. The number of carbonyl (C=O) groups is 1. The molecule has 0 aliphatic rings. The first-order valence-corrected chi connectivity index (χ1v) is 6.57. The normalized spacial score (nSPS) is 12.4. The second-order valence-electron chi connectivity index (χ2n) is 3.74. The first-order valence-electron chi connectivity index (χ1n) is 5.20. The van der Waals surface area contributed by atoms with Gasteiger partial charge in [0.1, 0.15) is 0 Å². The van der Waals surface area contributed by atoms with Gasteiger partial charge in [-0.25, -0.2) is 4.79 Å². The molecule has 4 heteroatoms. The van der Waals surface area contributed by atoms with Gasteiger partial charge in [-0.2, -0.15) is 0 Å². The summed E-state index contributed by atoms with van der Waals surface area (Å²) in [5.74, 6) is 0.528. The Bertz CT molecular complexity index is 379. The molecule has 1 atom stereocenters. The number of benzene rings is 1. The summed E-state index contributed by atoms with van der Waals surface area (Å²) in [4.78, 5) is 11.8. The van der Waals surface area contributed by atoms with Crippen molar-refractivity contribution in [3.05, 3.63) is 28.8 Å². The summed E-state index contributed by atoms with van der Waals surface area (Å²) in [6.07, 6.45) is 1.09. The average Bonchev–Trinajstić information content (AvgIpc) is 2.25. The van der Waals surface area contributed by atoms with Gasteiger partial charge in [0.15, 0.2) is 0 Å². The molecule has 1 N–H and O–H groups in total. The van der Waals surface area contributed by atoms with E-state index in [-0.39, 0.29) is 5.56 Å². The van der Waals surface area contributed by atoms with Gasteiger partial charge in [-0.05, 0) is 18.1 Å². The zero-order valence-corrected chi connectivity index (χ0v) is 10.9. The quantitative estimate of drug-likeness (QED) is 0.805. The van der Waals surface area contributed by atoms with Crippen molar-refractivity contribution in [2.45, 2.75) is 25.2 Å². The van der Waals surface area contributed by atoms with Crippen molar-refractivity contribution in [2.75, 3.05) is 5.75 Å². The van der Waals surface area contributed by atoms with E-state index in [0.717, 1.165) is 17.1 Å². The molecule has 0 bridgehead atoms. The zero-order valence-electron chi connectivity index (χ0n) is 9.37. The standard InChI is InChI=1S/C12H15ClO2S/c1-3-8(2)7-16-10-6-4-5-9(13)11(10)12(14)15/h4-6,8H,3,7H2,1-2H3,(H,14,15). The van der Waals surface area contributed by atoms with Gasteiger partial charge in [0.2, 0.25) is 0 Å². The SMILES string of the molecule is CCC(C)CSc1cccc(Cl)c1C(=O)O. The van der Waals surface area contributed by atoms with Crippen LogP contribution in [-0.2, 0) is 0 Å². The van der Waals surface area contributed by atoms with E-state index in [1.54, 1.807) is 23.9 Å². The number of hydrogen-bond acceptors (Lipinski definition) is 2. The number of thioether (sulfide) groups is 1. The Kier molecular flexibility index (Phi) is 5.16. The van der Waals surface area contributed by atoms with Crippen molar-refractivity contribution in [3.63, 3.8) is 0 Å². The van der Waals surface area contributed by atoms with E-state index in [0.29, 0.717) is 10.9 Å². The fraction of sp³-hybridized carbons (Fsp3) is 0.417. The highest BCUT2D eigenvalue weighted by molar-refractivity contribution is 7.99. The third kappa shape index (κ3) is 3.42. The summed E-state index contributed by atoms with van der Waals surface area (Å²) in [6, 6.07) is 5.20. The van der Waals surface area contributed by atoms with E-state index in [2.05, 4.69) is 13.8 Å². The molecule has 1 aromatic rings. The molecule has 0 aromatic heterocycles. The molecule has 0 fully saturated rings. The summed E-state index contributed by atoms with van der Waals surface area (Å²) >= 11 is 7.44. The van der Waals surface area contributed by atoms with Crippen LogP contribution in [-0.4, -0.2) is 16.8 Å². The van der Waals surface area contributed by atoms with Crippen LogP contribution in [0.1, 0.15) is 30.6 Å². The molecule has 0 saturated heterocycles. The fourth-order valence-electron chi connectivity index (χ4n) is 1.18. The van der Waals surface area contributed by atoms with Crippen LogP contribution in [0.4, 0.5) is 0 Å². The van der Waals surface area contributed by atoms with E-state index >= 15 is 0 Å². The van der Waals surface area contributed by atoms with E-state index in [1.807, 2.05) is 6.07 Å². The summed E-state index contributed by atoms with van der Waals surface area (Å²) in [5.41, 5.74) is 0.220. The molecule has 1 unspecified atom stereocenters. The molecule has 0 aliphatic heterocycles. The summed E-state index contributed by atoms with van der Waals surface area (Å²) in [6.45, 7) is 4.28. The number of aromatic carboxylic acids is 1. The van der Waals surface area contributed by atoms with Crippen LogP contribution in [0.5, 0.6) is 0 Å². The maximum Gasteiger partial charge on any atom is 0.338 e. The van der Waals surface area contributed by atoms with E-state index < -0.39 is 5.97 Å². The Labute approximate surface area is 105 Å². The first kappa shape index (κ1) is 13.4. The molecule has 88 valence electrons. The molecule has 0 amide bonds. The lowest BCUT2D eigenvalue weighted by Crippen LogP contribution is -2.02. The van der Waals surface area contributed by atoms with Gasteiger partial charge < -0.3 is 5.11 Å². The van der Waals surface area contributed by atoms with Crippen molar-refractivity contribution in [3.8, 4) is 0 Å². The van der Waals surface area contributed by atoms with Crippen LogP contribution in [0, 0.1) is 5.92 Å². The van der Waals surface area contributed by atoms with Crippen LogP contribution >= 0.6 is 23.4 Å². The second-order valence-corrected chi connectivity index (χ2v) is 5.21. The highest BCUT2D eigenvalue weighted by atomic mass is 35.5. The van der Waals surface area contributed by atoms with E-state index in [4.69, 9.17) is 16.7 Å². The summed E-state index contributed by atoms with van der Waals surface area (Å²) in [7, 11) is 0. The smallest absolute Gasteiger partial charge is 0.338 e. The minimum Gasteiger partial charge on any atom is -0.478 e. The number of carboxylic acids is 1. The van der Waals surface area contributed by atoms with Crippen LogP contribution < -0.4 is 0 Å². The van der Waals surface area contributed by atoms with Gasteiger partial charge >= 0.3 is 5.97 Å². The Morgan fingerprint density at radius 2 is 2.25 bits per heavy atom. The van der Waals surface area contributed by atoms with Gasteiger partial charge in [-0.15, -0.1) is 11.8 Å². The van der Waals surface area contributed by atoms with Gasteiger partial charge in [0.25, 0.3) is 0 Å². The number of hydrogen-bond donors (Lipinski definition) is 1. The van der Waals surface area contributed by atoms with Crippen molar-refractivity contribution < 1.29 is 9.90 Å². The Hall–Kier alpha value is -0.670. The highest BCUT2D eigenvalue weighted by Gasteiger charge is 2.14. The molecule has 1 rings (SSSR count). The molecule has 0 radical (unpaired) electrons. The highest BCUT2D eigenvalue weighted by Crippen LogP contribution is 2.30. The minimum atomic E-state index is -0.961. The van der Waals surface area contributed by atoms with Crippen molar-refractivity contribution in [2.24, 2.45) is 5.92 Å². The third-order valence-electron chi connectivity index (χ3n) is 2.41. The lowest BCUT2D eigenvalue weighted by atomic mass is 10.2. The molecule has 0 saturated carbocycles. The van der Waals surface area contributed by atoms with Crippen LogP contribution in [0.25, 0.3) is 0 Å². The largest absolute Gasteiger partial charge is 0.478 e. The second kappa shape index (κ2) is 6.16. The van der Waals surface area contributed by atoms with Gasteiger partial charge in [0.05, 0.1) is 10.6 Å². The molecule has 16 heavy (non-hydrogen) atoms. The Morgan fingerprint density at radius 3 is 2.81 bits per heavy atom. The molecule has 0 aliphatic carbocycles. The minimum absolute atomic E-state index is 0.220. The average molecular weight is 259 g/mol. The lowest BCUT2D eigenvalue weighted by Gasteiger charge is -2.10. The van der Waals surface area contributed by atoms with Gasteiger partial charge in [-0.1, -0.05) is 37.9 Å². The van der Waals surface area contributed by atoms with Crippen LogP contribution in [0.15, 0.2) is 23.1 Å². The van der Waals surface area contributed by atoms with Crippen molar-refractivity contribution in [1.82, 2.24) is 0 Å². The molecule has 0 heterocycles. The molecule has 1 aromatic carbocycles. The Balaban J connectivity index is 2.87.